The topological polar surface area (TPSA) is 29.9 Å². The average Bonchev–Trinajstić information content (AvgIpc) is 2.81. The molecule has 0 radical (unpaired) electrons. The summed E-state index contributed by atoms with van der Waals surface area (Å²) in [7, 11) is 0. The molecule has 2 heterocycles. The summed E-state index contributed by atoms with van der Waals surface area (Å²) in [5, 5.41) is 3.41. The van der Waals surface area contributed by atoms with Gasteiger partial charge in [-0.25, -0.2) is 4.98 Å². The highest BCUT2D eigenvalue weighted by Gasteiger charge is 2.34. The molecule has 2 aliphatic rings. The van der Waals surface area contributed by atoms with Crippen molar-refractivity contribution in [2.24, 2.45) is 0 Å². The second-order valence-electron chi connectivity index (χ2n) is 5.52. The zero-order valence-electron chi connectivity index (χ0n) is 10.3. The van der Waals surface area contributed by atoms with Crippen LogP contribution in [0.1, 0.15) is 49.8 Å². The molecule has 0 aromatic carbocycles. The molecule has 0 bridgehead atoms. The van der Waals surface area contributed by atoms with Crippen LogP contribution in [0, 0.1) is 6.92 Å². The zero-order valence-corrected chi connectivity index (χ0v) is 10.3. The van der Waals surface area contributed by atoms with Gasteiger partial charge in [0.15, 0.2) is 0 Å². The molecular formula is C13H21N3. The van der Waals surface area contributed by atoms with E-state index in [0.29, 0.717) is 5.54 Å². The molecule has 0 spiro atoms. The summed E-state index contributed by atoms with van der Waals surface area (Å²) in [6, 6.07) is 0. The first-order valence-corrected chi connectivity index (χ1v) is 6.49. The lowest BCUT2D eigenvalue weighted by molar-refractivity contribution is 0.310. The molecule has 0 atom stereocenters. The van der Waals surface area contributed by atoms with Crippen molar-refractivity contribution in [1.29, 1.82) is 0 Å². The van der Waals surface area contributed by atoms with Crippen molar-refractivity contribution < 1.29 is 0 Å². The molecule has 1 aromatic heterocycles. The molecule has 1 saturated carbocycles. The van der Waals surface area contributed by atoms with Gasteiger partial charge in [0.05, 0.1) is 5.69 Å². The minimum absolute atomic E-state index is 0.349. The SMILES string of the molecule is Cc1nc2c(n1C1(C)CCCC1)CCNC2. The van der Waals surface area contributed by atoms with Crippen molar-refractivity contribution in [3.8, 4) is 0 Å². The molecule has 1 aliphatic heterocycles. The highest BCUT2D eigenvalue weighted by molar-refractivity contribution is 5.22. The summed E-state index contributed by atoms with van der Waals surface area (Å²) in [6.45, 7) is 6.65. The molecule has 0 unspecified atom stereocenters. The number of aromatic nitrogens is 2. The van der Waals surface area contributed by atoms with Crippen LogP contribution >= 0.6 is 0 Å². The lowest BCUT2D eigenvalue weighted by Gasteiger charge is -2.30. The molecule has 88 valence electrons. The van der Waals surface area contributed by atoms with Crippen LogP contribution in [0.4, 0.5) is 0 Å². The number of hydrogen-bond donors (Lipinski definition) is 1. The Bertz CT molecular complexity index is 400. The molecule has 1 fully saturated rings. The fourth-order valence-electron chi connectivity index (χ4n) is 3.52. The first-order chi connectivity index (χ1) is 7.71. The molecule has 16 heavy (non-hydrogen) atoms. The highest BCUT2D eigenvalue weighted by Crippen LogP contribution is 2.38. The Balaban J connectivity index is 2.08. The molecule has 0 saturated heterocycles. The minimum Gasteiger partial charge on any atom is -0.326 e. The summed E-state index contributed by atoms with van der Waals surface area (Å²) in [6.07, 6.45) is 6.54. The standard InChI is InChI=1S/C13H21N3/c1-10-15-11-9-14-8-5-12(11)16(10)13(2)6-3-4-7-13/h14H,3-9H2,1-2H3. The van der Waals surface area contributed by atoms with E-state index in [1.54, 1.807) is 0 Å². The summed E-state index contributed by atoms with van der Waals surface area (Å²) in [5.74, 6) is 1.22. The molecule has 1 aromatic rings. The smallest absolute Gasteiger partial charge is 0.106 e. The predicted octanol–water partition coefficient (Wildman–Crippen LogP) is 2.13. The average molecular weight is 219 g/mol. The summed E-state index contributed by atoms with van der Waals surface area (Å²) in [5.41, 5.74) is 3.14. The van der Waals surface area contributed by atoms with Crippen LogP contribution in [-0.4, -0.2) is 16.1 Å². The van der Waals surface area contributed by atoms with E-state index < -0.39 is 0 Å². The number of imidazole rings is 1. The zero-order chi connectivity index (χ0) is 11.2. The van der Waals surface area contributed by atoms with Gasteiger partial charge in [0, 0.05) is 30.7 Å². The largest absolute Gasteiger partial charge is 0.326 e. The Morgan fingerprint density at radius 2 is 2.06 bits per heavy atom. The van der Waals surface area contributed by atoms with Crippen molar-refractivity contribution in [3.63, 3.8) is 0 Å². The van der Waals surface area contributed by atoms with Gasteiger partial charge >= 0.3 is 0 Å². The number of rotatable bonds is 1. The Morgan fingerprint density at radius 3 is 2.81 bits per heavy atom. The summed E-state index contributed by atoms with van der Waals surface area (Å²) < 4.78 is 2.55. The Hall–Kier alpha value is -0.830. The van der Waals surface area contributed by atoms with Gasteiger partial charge in [-0.05, 0) is 26.7 Å². The summed E-state index contributed by atoms with van der Waals surface area (Å²) in [4.78, 5) is 4.74. The van der Waals surface area contributed by atoms with E-state index in [-0.39, 0.29) is 0 Å². The molecule has 3 rings (SSSR count). The van der Waals surface area contributed by atoms with Crippen LogP contribution in [0.15, 0.2) is 0 Å². The molecule has 1 aliphatic carbocycles. The monoisotopic (exact) mass is 219 g/mol. The van der Waals surface area contributed by atoms with Gasteiger partial charge in [0.1, 0.15) is 5.82 Å². The van der Waals surface area contributed by atoms with E-state index >= 15 is 0 Å². The van der Waals surface area contributed by atoms with Gasteiger partial charge in [0.25, 0.3) is 0 Å². The van der Waals surface area contributed by atoms with Crippen molar-refractivity contribution in [1.82, 2.24) is 14.9 Å². The van der Waals surface area contributed by atoms with E-state index in [4.69, 9.17) is 4.98 Å². The van der Waals surface area contributed by atoms with Crippen LogP contribution in [-0.2, 0) is 18.5 Å². The number of hydrogen-bond acceptors (Lipinski definition) is 2. The highest BCUT2D eigenvalue weighted by atomic mass is 15.2. The molecular weight excluding hydrogens is 198 g/mol. The van der Waals surface area contributed by atoms with Crippen LogP contribution < -0.4 is 5.32 Å². The predicted molar refractivity (Wildman–Crippen MR) is 64.5 cm³/mol. The van der Waals surface area contributed by atoms with Gasteiger partial charge in [-0.3, -0.25) is 0 Å². The molecule has 0 amide bonds. The van der Waals surface area contributed by atoms with Gasteiger partial charge < -0.3 is 9.88 Å². The normalized spacial score (nSPS) is 23.4. The minimum atomic E-state index is 0.349. The lowest BCUT2D eigenvalue weighted by Crippen LogP contribution is -2.32. The number of nitrogens with zero attached hydrogens (tertiary/aromatic N) is 2. The third-order valence-electron chi connectivity index (χ3n) is 4.27. The fraction of sp³-hybridized carbons (Fsp3) is 0.769. The second kappa shape index (κ2) is 3.59. The Kier molecular flexibility index (Phi) is 2.32. The third-order valence-corrected chi connectivity index (χ3v) is 4.27. The Morgan fingerprint density at radius 1 is 1.31 bits per heavy atom. The van der Waals surface area contributed by atoms with E-state index in [0.717, 1.165) is 19.5 Å². The molecule has 3 nitrogen and oxygen atoms in total. The van der Waals surface area contributed by atoms with Crippen molar-refractivity contribution >= 4 is 0 Å². The number of aryl methyl sites for hydroxylation is 1. The number of fused-ring (bicyclic) bond motifs is 1. The maximum atomic E-state index is 4.74. The molecule has 3 heteroatoms. The van der Waals surface area contributed by atoms with E-state index in [1.807, 2.05) is 0 Å². The second-order valence-corrected chi connectivity index (χ2v) is 5.52. The third kappa shape index (κ3) is 1.41. The van der Waals surface area contributed by atoms with Crippen LogP contribution in [0.3, 0.4) is 0 Å². The fourth-order valence-corrected chi connectivity index (χ4v) is 3.52. The van der Waals surface area contributed by atoms with Crippen molar-refractivity contribution in [3.05, 3.63) is 17.2 Å². The van der Waals surface area contributed by atoms with Gasteiger partial charge in [0.2, 0.25) is 0 Å². The van der Waals surface area contributed by atoms with Crippen molar-refractivity contribution in [2.45, 2.75) is 58.0 Å². The van der Waals surface area contributed by atoms with Crippen LogP contribution in [0.5, 0.6) is 0 Å². The van der Waals surface area contributed by atoms with Gasteiger partial charge in [-0.1, -0.05) is 12.8 Å². The van der Waals surface area contributed by atoms with Gasteiger partial charge in [-0.15, -0.1) is 0 Å². The van der Waals surface area contributed by atoms with Crippen molar-refractivity contribution in [2.75, 3.05) is 6.54 Å². The van der Waals surface area contributed by atoms with E-state index in [1.165, 1.54) is 42.9 Å². The number of nitrogens with one attached hydrogen (secondary N) is 1. The molecule has 1 N–H and O–H groups in total. The van der Waals surface area contributed by atoms with Crippen LogP contribution in [0.2, 0.25) is 0 Å². The lowest BCUT2D eigenvalue weighted by atomic mass is 9.98. The quantitative estimate of drug-likeness (QED) is 0.784. The first kappa shape index (κ1) is 10.3. The van der Waals surface area contributed by atoms with Crippen LogP contribution in [0.25, 0.3) is 0 Å². The maximum absolute atomic E-state index is 4.74. The van der Waals surface area contributed by atoms with Gasteiger partial charge in [-0.2, -0.15) is 0 Å². The summed E-state index contributed by atoms with van der Waals surface area (Å²) >= 11 is 0. The Labute approximate surface area is 97.3 Å². The van der Waals surface area contributed by atoms with E-state index in [2.05, 4.69) is 23.7 Å². The first-order valence-electron chi connectivity index (χ1n) is 6.49. The maximum Gasteiger partial charge on any atom is 0.106 e. The van der Waals surface area contributed by atoms with E-state index in [9.17, 15) is 0 Å².